The van der Waals surface area contributed by atoms with Gasteiger partial charge in [0.2, 0.25) is 0 Å². The van der Waals surface area contributed by atoms with Crippen molar-refractivity contribution >= 4 is 0 Å². The summed E-state index contributed by atoms with van der Waals surface area (Å²) in [6, 6.07) is 0. The average Bonchev–Trinajstić information content (AvgIpc) is 3.28. The predicted molar refractivity (Wildman–Crippen MR) is 317 cm³/mol. The third kappa shape index (κ3) is 49.1. The van der Waals surface area contributed by atoms with Crippen LogP contribution in [0.15, 0.2) is 11.6 Å². The number of hydrogen-bond donors (Lipinski definition) is 0. The summed E-state index contributed by atoms with van der Waals surface area (Å²) < 4.78 is 0. The fourth-order valence-corrected chi connectivity index (χ4v) is 11.6. The van der Waals surface area contributed by atoms with Crippen molar-refractivity contribution in [1.29, 1.82) is 0 Å². The molecule has 4 rings (SSSR count). The fourth-order valence-electron chi connectivity index (χ4n) is 11.6. The van der Waals surface area contributed by atoms with E-state index in [0.29, 0.717) is 0 Å². The maximum absolute atomic E-state index is 2.43. The second kappa shape index (κ2) is 52.1. The molecule has 4 saturated carbocycles. The second-order valence-corrected chi connectivity index (χ2v) is 24.8. The Balaban J connectivity index is -0.000000341. The molecular formula is C67H140. The highest BCUT2D eigenvalue weighted by Crippen LogP contribution is 2.39. The summed E-state index contributed by atoms with van der Waals surface area (Å²) in [7, 11) is 0. The lowest BCUT2D eigenvalue weighted by molar-refractivity contribution is 0.132. The molecule has 0 heteroatoms. The highest BCUT2D eigenvalue weighted by Gasteiger charge is 2.29. The highest BCUT2D eigenvalue weighted by atomic mass is 14.3. The average molecular weight is 946 g/mol. The number of rotatable bonds is 16. The van der Waals surface area contributed by atoms with Crippen LogP contribution in [0, 0.1) is 76.9 Å². The molecule has 0 nitrogen and oxygen atoms in total. The van der Waals surface area contributed by atoms with Gasteiger partial charge >= 0.3 is 0 Å². The molecule has 0 radical (unpaired) electrons. The second-order valence-electron chi connectivity index (χ2n) is 24.8. The largest absolute Gasteiger partial charge is 0.0859 e. The van der Waals surface area contributed by atoms with Gasteiger partial charge in [-0.15, -0.1) is 0 Å². The Bertz CT molecular complexity index is 927. The molecule has 4 aliphatic rings. The van der Waals surface area contributed by atoms with E-state index < -0.39 is 0 Å². The monoisotopic (exact) mass is 945 g/mol. The first-order valence-electron chi connectivity index (χ1n) is 31.4. The molecule has 0 amide bonds. The van der Waals surface area contributed by atoms with E-state index in [4.69, 9.17) is 0 Å². The quantitative estimate of drug-likeness (QED) is 0.107. The van der Waals surface area contributed by atoms with Crippen LogP contribution in [0.1, 0.15) is 345 Å². The first-order chi connectivity index (χ1) is 31.8. The van der Waals surface area contributed by atoms with E-state index in [0.717, 1.165) is 76.9 Å². The minimum Gasteiger partial charge on any atom is -0.0859 e. The van der Waals surface area contributed by atoms with Crippen LogP contribution in [-0.2, 0) is 0 Å². The number of unbranched alkanes of at least 4 members (excludes halogenated alkanes) is 7. The SMILES string of the molecule is CCC1C(C)CC(C)CC1C.CCC1CCC(C)CC1.CCC1CCC(C)CC1C.CCC1CCCCC1C.CCCC(C)C.CCCCC(C)C.CCCCC=C(C)C.CCCCCCC. The third-order valence-electron chi connectivity index (χ3n) is 16.5. The molecule has 7 atom stereocenters. The normalized spacial score (nSPS) is 27.6. The van der Waals surface area contributed by atoms with Crippen molar-refractivity contribution in [3.8, 4) is 0 Å². The Hall–Kier alpha value is -0.260. The molecule has 0 N–H and O–H groups in total. The molecule has 0 bridgehead atoms. The molecule has 0 aromatic rings. The van der Waals surface area contributed by atoms with Crippen LogP contribution in [0.25, 0.3) is 0 Å². The van der Waals surface area contributed by atoms with Crippen LogP contribution in [0.3, 0.4) is 0 Å². The minimum absolute atomic E-state index is 0.898. The van der Waals surface area contributed by atoms with Gasteiger partial charge < -0.3 is 0 Å². The first-order valence-corrected chi connectivity index (χ1v) is 31.4. The van der Waals surface area contributed by atoms with Crippen molar-refractivity contribution in [2.45, 2.75) is 345 Å². The first kappa shape index (κ1) is 73.3. The van der Waals surface area contributed by atoms with Gasteiger partial charge in [0, 0.05) is 0 Å². The smallest absolute Gasteiger partial charge is 0.0348 e. The maximum Gasteiger partial charge on any atom is -0.0348 e. The Morgan fingerprint density at radius 3 is 1.21 bits per heavy atom. The van der Waals surface area contributed by atoms with Gasteiger partial charge in [0.15, 0.2) is 0 Å². The molecule has 4 fully saturated rings. The number of allylic oxidation sites excluding steroid dienone is 2. The molecule has 7 unspecified atom stereocenters. The van der Waals surface area contributed by atoms with Crippen molar-refractivity contribution in [2.24, 2.45) is 76.9 Å². The molecule has 408 valence electrons. The number of hydrogen-bond acceptors (Lipinski definition) is 0. The van der Waals surface area contributed by atoms with E-state index in [9.17, 15) is 0 Å². The minimum atomic E-state index is 0.898. The molecule has 0 heterocycles. The molecule has 0 aromatic heterocycles. The van der Waals surface area contributed by atoms with Crippen molar-refractivity contribution in [1.82, 2.24) is 0 Å². The highest BCUT2D eigenvalue weighted by molar-refractivity contribution is 4.92. The molecule has 4 aliphatic carbocycles. The summed E-state index contributed by atoms with van der Waals surface area (Å²) in [6.07, 6.45) is 44.9. The van der Waals surface area contributed by atoms with Gasteiger partial charge in [0.1, 0.15) is 0 Å². The zero-order valence-electron chi connectivity index (χ0n) is 51.8. The summed E-state index contributed by atoms with van der Waals surface area (Å²) in [5, 5.41) is 0. The summed E-state index contributed by atoms with van der Waals surface area (Å²) in [4.78, 5) is 0. The van der Waals surface area contributed by atoms with Gasteiger partial charge in [0.25, 0.3) is 0 Å². The standard InChI is InChI=1S/C11H22.C10H20.2C9H18.C8H16.2C7H16.C6H14/c1-5-11-9(3)6-8(2)7-10(11)4;1-4-10-6-5-8(2)7-9(10)3;1-3-9-6-4-8(2)5-7-9;1-3-9-7-5-4-6-8(9)2;1-4-5-6-7-8(2)3;1-4-5-6-7(2)3;1-3-5-7-6-4-2;1-4-5-6(2)3/h8-11H,5-7H2,1-4H3;8-10H,4-7H2,1-3H3;2*8-9H,3-7H2,1-2H3;7H,4-6H2,1-3H3;7H,4-6H2,1-3H3;3-7H2,1-2H3;6H,4-5H2,1-3H3. The third-order valence-corrected chi connectivity index (χ3v) is 16.5. The topological polar surface area (TPSA) is 0 Å². The Morgan fingerprint density at radius 1 is 0.403 bits per heavy atom. The van der Waals surface area contributed by atoms with Crippen LogP contribution >= 0.6 is 0 Å². The van der Waals surface area contributed by atoms with Crippen molar-refractivity contribution < 1.29 is 0 Å². The molecular weight excluding hydrogens is 805 g/mol. The van der Waals surface area contributed by atoms with Crippen molar-refractivity contribution in [3.05, 3.63) is 11.6 Å². The van der Waals surface area contributed by atoms with Crippen molar-refractivity contribution in [3.63, 3.8) is 0 Å². The van der Waals surface area contributed by atoms with Gasteiger partial charge in [-0.05, 0) is 123 Å². The van der Waals surface area contributed by atoms with E-state index >= 15 is 0 Å². The summed E-state index contributed by atoms with van der Waals surface area (Å²) in [5.41, 5.74) is 1.44. The lowest BCUT2D eigenvalue weighted by Gasteiger charge is -2.37. The van der Waals surface area contributed by atoms with Gasteiger partial charge in [-0.25, -0.2) is 0 Å². The molecule has 67 heavy (non-hydrogen) atoms. The van der Waals surface area contributed by atoms with E-state index in [-0.39, 0.29) is 0 Å². The summed E-state index contributed by atoms with van der Waals surface area (Å²) >= 11 is 0. The fraction of sp³-hybridized carbons (Fsp3) is 0.970. The zero-order valence-corrected chi connectivity index (χ0v) is 51.8. The van der Waals surface area contributed by atoms with Crippen LogP contribution in [0.4, 0.5) is 0 Å². The van der Waals surface area contributed by atoms with E-state index in [1.165, 1.54) is 198 Å². The molecule has 0 aromatic carbocycles. The van der Waals surface area contributed by atoms with E-state index in [2.05, 4.69) is 158 Å². The molecule has 0 spiro atoms. The molecule has 0 saturated heterocycles. The van der Waals surface area contributed by atoms with Gasteiger partial charge in [-0.2, -0.15) is 0 Å². The summed E-state index contributed by atoms with van der Waals surface area (Å²) in [6.45, 7) is 50.7. The maximum atomic E-state index is 2.43. The lowest BCUT2D eigenvalue weighted by atomic mass is 9.69. The van der Waals surface area contributed by atoms with Gasteiger partial charge in [0.05, 0.1) is 0 Å². The van der Waals surface area contributed by atoms with Crippen LogP contribution < -0.4 is 0 Å². The Morgan fingerprint density at radius 2 is 0.866 bits per heavy atom. The van der Waals surface area contributed by atoms with Gasteiger partial charge in [-0.1, -0.05) is 311 Å². The molecule has 0 aliphatic heterocycles. The predicted octanol–water partition coefficient (Wildman–Crippen LogP) is 25.0. The van der Waals surface area contributed by atoms with Gasteiger partial charge in [-0.3, -0.25) is 0 Å². The lowest BCUT2D eigenvalue weighted by Crippen LogP contribution is -2.28. The summed E-state index contributed by atoms with van der Waals surface area (Å²) in [5.74, 6) is 12.9. The van der Waals surface area contributed by atoms with Crippen LogP contribution in [0.2, 0.25) is 0 Å². The van der Waals surface area contributed by atoms with E-state index in [1.54, 1.807) is 0 Å². The van der Waals surface area contributed by atoms with Crippen LogP contribution in [-0.4, -0.2) is 0 Å². The van der Waals surface area contributed by atoms with Crippen molar-refractivity contribution in [2.75, 3.05) is 0 Å². The van der Waals surface area contributed by atoms with E-state index in [1.807, 2.05) is 0 Å². The Kier molecular flexibility index (Phi) is 57.0. The Labute approximate surface area is 431 Å². The zero-order chi connectivity index (χ0) is 52.0. The van der Waals surface area contributed by atoms with Crippen LogP contribution in [0.5, 0.6) is 0 Å².